The monoisotopic (exact) mass is 381 g/mol. The highest BCUT2D eigenvalue weighted by Crippen LogP contribution is 2.39. The van der Waals surface area contributed by atoms with E-state index in [-0.39, 0.29) is 15.8 Å². The van der Waals surface area contributed by atoms with Crippen molar-refractivity contribution in [1.29, 1.82) is 0 Å². The highest BCUT2D eigenvalue weighted by atomic mass is 32.2. The van der Waals surface area contributed by atoms with Gasteiger partial charge in [-0.05, 0) is 42.0 Å². The molecule has 0 radical (unpaired) electrons. The highest BCUT2D eigenvalue weighted by molar-refractivity contribution is 7.89. The number of nitrogens with zero attached hydrogens (tertiary/aromatic N) is 1. The van der Waals surface area contributed by atoms with E-state index in [0.717, 1.165) is 29.7 Å². The van der Waals surface area contributed by atoms with E-state index < -0.39 is 16.0 Å². The van der Waals surface area contributed by atoms with Gasteiger partial charge in [-0.15, -0.1) is 11.3 Å². The second-order valence-electron chi connectivity index (χ2n) is 5.66. The first-order chi connectivity index (χ1) is 12.0. The summed E-state index contributed by atoms with van der Waals surface area (Å²) >= 11 is 1.07. The van der Waals surface area contributed by atoms with Gasteiger partial charge in [0.2, 0.25) is 10.0 Å². The molecule has 1 saturated heterocycles. The van der Waals surface area contributed by atoms with Gasteiger partial charge in [0.25, 0.3) is 0 Å². The molecular weight excluding hydrogens is 362 g/mol. The zero-order valence-corrected chi connectivity index (χ0v) is 15.6. The Morgan fingerprint density at radius 3 is 2.80 bits per heavy atom. The molecule has 8 heteroatoms. The average Bonchev–Trinajstić information content (AvgIpc) is 3.30. The van der Waals surface area contributed by atoms with Crippen molar-refractivity contribution < 1.29 is 22.7 Å². The third-order valence-electron chi connectivity index (χ3n) is 4.27. The maximum Gasteiger partial charge on any atom is 0.349 e. The lowest BCUT2D eigenvalue weighted by Gasteiger charge is -2.24. The van der Waals surface area contributed by atoms with Gasteiger partial charge in [0, 0.05) is 6.54 Å². The van der Waals surface area contributed by atoms with Crippen LogP contribution in [0.15, 0.2) is 40.6 Å². The predicted octanol–water partition coefficient (Wildman–Crippen LogP) is 3.07. The van der Waals surface area contributed by atoms with Gasteiger partial charge in [0.15, 0.2) is 0 Å². The van der Waals surface area contributed by atoms with Gasteiger partial charge in [0.05, 0.1) is 20.3 Å². The van der Waals surface area contributed by atoms with E-state index in [0.29, 0.717) is 12.3 Å². The summed E-state index contributed by atoms with van der Waals surface area (Å²) in [7, 11) is -0.973. The van der Waals surface area contributed by atoms with Gasteiger partial charge in [0.1, 0.15) is 15.5 Å². The fraction of sp³-hybridized carbons (Fsp3) is 0.353. The van der Waals surface area contributed by atoms with Crippen LogP contribution >= 0.6 is 11.3 Å². The largest absolute Gasteiger partial charge is 0.497 e. The van der Waals surface area contributed by atoms with E-state index in [1.165, 1.54) is 17.5 Å². The quantitative estimate of drug-likeness (QED) is 0.744. The Kier molecular flexibility index (Phi) is 5.12. The SMILES string of the molecule is COC(=O)c1sccc1S(=O)(=O)N1CCC[C@H]1c1cccc(OC)c1. The van der Waals surface area contributed by atoms with Gasteiger partial charge in [-0.3, -0.25) is 0 Å². The van der Waals surface area contributed by atoms with Crippen molar-refractivity contribution in [3.05, 3.63) is 46.2 Å². The lowest BCUT2D eigenvalue weighted by Crippen LogP contribution is -2.31. The molecule has 0 spiro atoms. The van der Waals surface area contributed by atoms with Crippen LogP contribution in [-0.2, 0) is 14.8 Å². The zero-order valence-electron chi connectivity index (χ0n) is 14.0. The van der Waals surface area contributed by atoms with Crippen molar-refractivity contribution in [1.82, 2.24) is 4.31 Å². The third kappa shape index (κ3) is 3.29. The van der Waals surface area contributed by atoms with Crippen molar-refractivity contribution in [2.75, 3.05) is 20.8 Å². The smallest absolute Gasteiger partial charge is 0.349 e. The molecule has 0 saturated carbocycles. The number of ether oxygens (including phenoxy) is 2. The number of thiophene rings is 1. The van der Waals surface area contributed by atoms with E-state index >= 15 is 0 Å². The molecule has 134 valence electrons. The number of benzene rings is 1. The minimum atomic E-state index is -3.80. The summed E-state index contributed by atoms with van der Waals surface area (Å²) < 4.78 is 37.8. The Labute approximate surface area is 151 Å². The molecule has 2 aromatic rings. The molecule has 0 N–H and O–H groups in total. The van der Waals surface area contributed by atoms with Crippen molar-refractivity contribution in [3.63, 3.8) is 0 Å². The topological polar surface area (TPSA) is 72.9 Å². The standard InChI is InChI=1S/C17H19NO5S2/c1-22-13-6-3-5-12(11-13)14-7-4-9-18(14)25(20,21)15-8-10-24-16(15)17(19)23-2/h3,5-6,8,10-11,14H,4,7,9H2,1-2H3/t14-/m0/s1. The summed E-state index contributed by atoms with van der Waals surface area (Å²) in [5.74, 6) is 0.0539. The summed E-state index contributed by atoms with van der Waals surface area (Å²) in [5, 5.41) is 1.59. The summed E-state index contributed by atoms with van der Waals surface area (Å²) in [6.07, 6.45) is 1.49. The molecule has 6 nitrogen and oxygen atoms in total. The van der Waals surface area contributed by atoms with Crippen LogP contribution in [-0.4, -0.2) is 39.5 Å². The Hall–Kier alpha value is -1.90. The maximum absolute atomic E-state index is 13.2. The van der Waals surface area contributed by atoms with E-state index in [9.17, 15) is 13.2 Å². The first-order valence-corrected chi connectivity index (χ1v) is 10.1. The van der Waals surface area contributed by atoms with Crippen molar-refractivity contribution in [3.8, 4) is 5.75 Å². The molecule has 0 aliphatic carbocycles. The number of carbonyl (C=O) groups excluding carboxylic acids is 1. The zero-order chi connectivity index (χ0) is 18.0. The molecule has 1 aromatic carbocycles. The number of sulfonamides is 1. The third-order valence-corrected chi connectivity index (χ3v) is 7.24. The predicted molar refractivity (Wildman–Crippen MR) is 94.5 cm³/mol. The molecule has 1 atom stereocenters. The highest BCUT2D eigenvalue weighted by Gasteiger charge is 2.38. The van der Waals surface area contributed by atoms with Crippen LogP contribution in [0.2, 0.25) is 0 Å². The second kappa shape index (κ2) is 7.15. The summed E-state index contributed by atoms with van der Waals surface area (Å²) in [4.78, 5) is 12.0. The van der Waals surface area contributed by atoms with Crippen LogP contribution in [0.1, 0.15) is 34.1 Å². The van der Waals surface area contributed by atoms with Crippen molar-refractivity contribution in [2.45, 2.75) is 23.8 Å². The lowest BCUT2D eigenvalue weighted by molar-refractivity contribution is 0.0602. The molecule has 1 fully saturated rings. The number of methoxy groups -OCH3 is 2. The lowest BCUT2D eigenvalue weighted by atomic mass is 10.1. The molecule has 25 heavy (non-hydrogen) atoms. The van der Waals surface area contributed by atoms with E-state index in [1.807, 2.05) is 24.3 Å². The number of rotatable bonds is 5. The van der Waals surface area contributed by atoms with Crippen molar-refractivity contribution >= 4 is 27.3 Å². The van der Waals surface area contributed by atoms with Gasteiger partial charge >= 0.3 is 5.97 Å². The van der Waals surface area contributed by atoms with Crippen LogP contribution in [0.25, 0.3) is 0 Å². The first kappa shape index (κ1) is 17.9. The van der Waals surface area contributed by atoms with E-state index in [1.54, 1.807) is 12.5 Å². The average molecular weight is 381 g/mol. The Morgan fingerprint density at radius 1 is 1.28 bits per heavy atom. The van der Waals surface area contributed by atoms with Gasteiger partial charge in [-0.1, -0.05) is 12.1 Å². The Morgan fingerprint density at radius 2 is 2.08 bits per heavy atom. The molecule has 0 amide bonds. The van der Waals surface area contributed by atoms with Crippen LogP contribution in [0.5, 0.6) is 5.75 Å². The number of esters is 1. The fourth-order valence-electron chi connectivity index (χ4n) is 3.08. The van der Waals surface area contributed by atoms with E-state index in [4.69, 9.17) is 9.47 Å². The van der Waals surface area contributed by atoms with Crippen LogP contribution < -0.4 is 4.74 Å². The van der Waals surface area contributed by atoms with Gasteiger partial charge in [-0.2, -0.15) is 4.31 Å². The number of carbonyl (C=O) groups is 1. The summed E-state index contributed by atoms with van der Waals surface area (Å²) in [6, 6.07) is 8.62. The molecule has 0 unspecified atom stereocenters. The Bertz CT molecular complexity index is 875. The second-order valence-corrected chi connectivity index (χ2v) is 8.43. The van der Waals surface area contributed by atoms with Crippen LogP contribution in [0, 0.1) is 0 Å². The number of hydrogen-bond donors (Lipinski definition) is 0. The Balaban J connectivity index is 1.99. The van der Waals surface area contributed by atoms with Crippen molar-refractivity contribution in [2.24, 2.45) is 0 Å². The summed E-state index contributed by atoms with van der Waals surface area (Å²) in [5.41, 5.74) is 0.885. The fourth-order valence-corrected chi connectivity index (χ4v) is 6.07. The van der Waals surface area contributed by atoms with Crippen LogP contribution in [0.3, 0.4) is 0 Å². The first-order valence-electron chi connectivity index (χ1n) is 7.80. The number of hydrogen-bond acceptors (Lipinski definition) is 6. The molecule has 1 aromatic heterocycles. The maximum atomic E-state index is 13.2. The molecular formula is C17H19NO5S2. The van der Waals surface area contributed by atoms with Gasteiger partial charge < -0.3 is 9.47 Å². The van der Waals surface area contributed by atoms with Gasteiger partial charge in [-0.25, -0.2) is 13.2 Å². The molecule has 1 aliphatic rings. The molecule has 1 aliphatic heterocycles. The molecule has 3 rings (SSSR count). The minimum Gasteiger partial charge on any atom is -0.497 e. The van der Waals surface area contributed by atoms with E-state index in [2.05, 4.69) is 0 Å². The van der Waals surface area contributed by atoms with Crippen LogP contribution in [0.4, 0.5) is 0 Å². The molecule has 2 heterocycles. The molecule has 0 bridgehead atoms. The summed E-state index contributed by atoms with van der Waals surface area (Å²) in [6.45, 7) is 0.417. The minimum absolute atomic E-state index is 0.0131. The normalized spacial score (nSPS) is 18.2.